The summed E-state index contributed by atoms with van der Waals surface area (Å²) in [5.41, 5.74) is 2.18. The Morgan fingerprint density at radius 2 is 2.00 bits per heavy atom. The fraction of sp³-hybridized carbons (Fsp3) is 0.583. The minimum atomic E-state index is -0.335. The Hall–Kier alpha value is -0.810. The number of ether oxygens (including phenoxy) is 2. The van der Waals surface area contributed by atoms with Gasteiger partial charge in [0.15, 0.2) is 0 Å². The zero-order chi connectivity index (χ0) is 13.4. The number of aromatic nitrogens is 1. The first-order valence-electron chi connectivity index (χ1n) is 5.64. The highest BCUT2D eigenvalue weighted by molar-refractivity contribution is 9.10. The van der Waals surface area contributed by atoms with Crippen molar-refractivity contribution in [1.29, 1.82) is 0 Å². The first-order valence-corrected chi connectivity index (χ1v) is 6.44. The first kappa shape index (κ1) is 16.2. The molecule has 98 valence electrons. The molecule has 0 aliphatic rings. The van der Waals surface area contributed by atoms with Crippen LogP contribution in [0.5, 0.6) is 0 Å². The van der Waals surface area contributed by atoms with Crippen molar-refractivity contribution < 1.29 is 14.3 Å². The summed E-state index contributed by atoms with van der Waals surface area (Å²) < 4.78 is 10.8. The highest BCUT2D eigenvalue weighted by Gasteiger charge is 2.18. The molecule has 0 unspecified atom stereocenters. The van der Waals surface area contributed by atoms with E-state index in [1.165, 1.54) is 0 Å². The van der Waals surface area contributed by atoms with Gasteiger partial charge in [0.25, 0.3) is 0 Å². The van der Waals surface area contributed by atoms with Crippen molar-refractivity contribution in [3.05, 3.63) is 21.4 Å². The maximum Gasteiger partial charge on any atom is 0.355 e. The number of halogens is 1. The number of hydrogen-bond acceptors (Lipinski definition) is 3. The van der Waals surface area contributed by atoms with Crippen molar-refractivity contribution in [2.75, 3.05) is 13.7 Å². The molecule has 1 aromatic heterocycles. The van der Waals surface area contributed by atoms with Gasteiger partial charge >= 0.3 is 5.97 Å². The molecule has 4 nitrogen and oxygen atoms in total. The molecule has 0 spiro atoms. The van der Waals surface area contributed by atoms with E-state index in [0.717, 1.165) is 15.7 Å². The number of esters is 1. The molecule has 1 heterocycles. The van der Waals surface area contributed by atoms with Gasteiger partial charge in [-0.25, -0.2) is 4.79 Å². The number of carbonyl (C=O) groups excluding carboxylic acids is 1. The minimum absolute atomic E-state index is 0.335. The van der Waals surface area contributed by atoms with E-state index in [9.17, 15) is 4.79 Å². The second kappa shape index (κ2) is 8.31. The highest BCUT2D eigenvalue weighted by atomic mass is 79.9. The molecular weight excluding hydrogens is 286 g/mol. The third-order valence-electron chi connectivity index (χ3n) is 2.01. The molecule has 0 atom stereocenters. The molecule has 0 saturated carbocycles. The van der Waals surface area contributed by atoms with Gasteiger partial charge in [-0.3, -0.25) is 0 Å². The van der Waals surface area contributed by atoms with Crippen molar-refractivity contribution in [2.24, 2.45) is 0 Å². The maximum absolute atomic E-state index is 11.5. The van der Waals surface area contributed by atoms with Crippen LogP contribution in [0.15, 0.2) is 4.47 Å². The molecule has 0 aromatic carbocycles. The van der Waals surface area contributed by atoms with Crippen LogP contribution < -0.4 is 0 Å². The van der Waals surface area contributed by atoms with Gasteiger partial charge in [0, 0.05) is 11.6 Å². The molecule has 1 rings (SSSR count). The Kier molecular flexibility index (Phi) is 7.91. The van der Waals surface area contributed by atoms with Crippen LogP contribution in [-0.4, -0.2) is 24.7 Å². The summed E-state index contributed by atoms with van der Waals surface area (Å²) in [6, 6.07) is 0. The van der Waals surface area contributed by atoms with Gasteiger partial charge in [-0.05, 0) is 35.3 Å². The van der Waals surface area contributed by atoms with E-state index in [0.29, 0.717) is 18.9 Å². The Labute approximate surface area is 111 Å². The van der Waals surface area contributed by atoms with Crippen LogP contribution in [0.1, 0.15) is 42.5 Å². The second-order valence-electron chi connectivity index (χ2n) is 3.07. The summed E-state index contributed by atoms with van der Waals surface area (Å²) in [6.45, 7) is 8.43. The van der Waals surface area contributed by atoms with Crippen molar-refractivity contribution in [3.63, 3.8) is 0 Å². The van der Waals surface area contributed by atoms with Crippen molar-refractivity contribution in [3.8, 4) is 0 Å². The third kappa shape index (κ3) is 4.16. The number of methoxy groups -OCH3 is 1. The first-order chi connectivity index (χ1) is 8.11. The van der Waals surface area contributed by atoms with Gasteiger partial charge in [0.05, 0.1) is 18.9 Å². The summed E-state index contributed by atoms with van der Waals surface area (Å²) in [5, 5.41) is 0. The smallest absolute Gasteiger partial charge is 0.355 e. The minimum Gasteiger partial charge on any atom is -0.461 e. The lowest BCUT2D eigenvalue weighted by atomic mass is 10.2. The number of hydrogen-bond donors (Lipinski definition) is 1. The summed E-state index contributed by atoms with van der Waals surface area (Å²) in [5.74, 6) is -0.335. The van der Waals surface area contributed by atoms with Gasteiger partial charge in [0.2, 0.25) is 0 Å². The zero-order valence-corrected chi connectivity index (χ0v) is 12.6. The normalized spacial score (nSPS) is 9.53. The highest BCUT2D eigenvalue weighted by Crippen LogP contribution is 2.25. The molecule has 0 bridgehead atoms. The molecule has 0 saturated heterocycles. The Morgan fingerprint density at radius 3 is 2.47 bits per heavy atom. The van der Waals surface area contributed by atoms with E-state index >= 15 is 0 Å². The lowest BCUT2D eigenvalue weighted by Gasteiger charge is -1.99. The van der Waals surface area contributed by atoms with Crippen LogP contribution in [0, 0.1) is 6.92 Å². The van der Waals surface area contributed by atoms with Crippen LogP contribution in [-0.2, 0) is 16.1 Å². The molecule has 0 aliphatic carbocycles. The Morgan fingerprint density at radius 1 is 1.41 bits per heavy atom. The van der Waals surface area contributed by atoms with Crippen LogP contribution in [0.2, 0.25) is 0 Å². The molecular formula is C12H20BrNO3. The molecule has 0 aliphatic heterocycles. The van der Waals surface area contributed by atoms with Crippen LogP contribution >= 0.6 is 15.9 Å². The quantitative estimate of drug-likeness (QED) is 0.867. The fourth-order valence-electron chi connectivity index (χ4n) is 1.29. The third-order valence-corrected chi connectivity index (χ3v) is 3.09. The van der Waals surface area contributed by atoms with Gasteiger partial charge in [-0.1, -0.05) is 13.8 Å². The monoisotopic (exact) mass is 305 g/mol. The second-order valence-corrected chi connectivity index (χ2v) is 3.86. The van der Waals surface area contributed by atoms with E-state index in [-0.39, 0.29) is 5.97 Å². The van der Waals surface area contributed by atoms with Gasteiger partial charge < -0.3 is 14.5 Å². The van der Waals surface area contributed by atoms with Crippen molar-refractivity contribution in [2.45, 2.75) is 34.3 Å². The molecule has 1 aromatic rings. The number of rotatable bonds is 4. The predicted octanol–water partition coefficient (Wildman–Crippen LogP) is 3.43. The molecule has 1 N–H and O–H groups in total. The van der Waals surface area contributed by atoms with Gasteiger partial charge in [0.1, 0.15) is 5.69 Å². The van der Waals surface area contributed by atoms with Crippen molar-refractivity contribution >= 4 is 21.9 Å². The average Bonchev–Trinajstić information content (AvgIpc) is 2.61. The molecule has 0 amide bonds. The van der Waals surface area contributed by atoms with E-state index < -0.39 is 0 Å². The summed E-state index contributed by atoms with van der Waals surface area (Å²) in [6.07, 6.45) is 0. The topological polar surface area (TPSA) is 51.3 Å². The predicted molar refractivity (Wildman–Crippen MR) is 71.2 cm³/mol. The summed E-state index contributed by atoms with van der Waals surface area (Å²) in [4.78, 5) is 14.5. The lowest BCUT2D eigenvalue weighted by molar-refractivity contribution is 0.0519. The largest absolute Gasteiger partial charge is 0.461 e. The van der Waals surface area contributed by atoms with E-state index in [2.05, 4.69) is 20.9 Å². The van der Waals surface area contributed by atoms with Gasteiger partial charge in [-0.2, -0.15) is 0 Å². The van der Waals surface area contributed by atoms with Crippen LogP contribution in [0.25, 0.3) is 0 Å². The fourth-order valence-corrected chi connectivity index (χ4v) is 1.70. The van der Waals surface area contributed by atoms with Crippen LogP contribution in [0.3, 0.4) is 0 Å². The number of H-pyrrole nitrogens is 1. The van der Waals surface area contributed by atoms with E-state index in [1.807, 2.05) is 20.8 Å². The van der Waals surface area contributed by atoms with E-state index in [1.54, 1.807) is 14.0 Å². The number of aromatic amines is 1. The molecule has 5 heteroatoms. The Bertz CT molecular complexity index is 361. The number of carbonyl (C=O) groups is 1. The van der Waals surface area contributed by atoms with Gasteiger partial charge in [-0.15, -0.1) is 0 Å². The maximum atomic E-state index is 11.5. The molecule has 17 heavy (non-hydrogen) atoms. The Balaban J connectivity index is 0.00000121. The average molecular weight is 306 g/mol. The molecule has 0 radical (unpaired) electrons. The standard InChI is InChI=1S/C10H14BrNO3.C2H6/c1-4-15-10(13)9-6(2)8(11)7(12-9)5-14-3;1-2/h12H,4-5H2,1-3H3;1-2H3. The summed E-state index contributed by atoms with van der Waals surface area (Å²) >= 11 is 3.40. The lowest BCUT2D eigenvalue weighted by Crippen LogP contribution is -2.06. The van der Waals surface area contributed by atoms with Crippen molar-refractivity contribution in [1.82, 2.24) is 4.98 Å². The van der Waals surface area contributed by atoms with Crippen LogP contribution in [0.4, 0.5) is 0 Å². The summed E-state index contributed by atoms with van der Waals surface area (Å²) in [7, 11) is 1.60. The zero-order valence-electron chi connectivity index (χ0n) is 11.0. The van der Waals surface area contributed by atoms with E-state index in [4.69, 9.17) is 9.47 Å². The molecule has 0 fully saturated rings. The SMILES string of the molecule is CC.CCOC(=O)c1[nH]c(COC)c(Br)c1C. The number of nitrogens with one attached hydrogen (secondary N) is 1.